The van der Waals surface area contributed by atoms with E-state index in [0.717, 1.165) is 6.42 Å². The van der Waals surface area contributed by atoms with Gasteiger partial charge in [0.05, 0.1) is 25.3 Å². The molecule has 1 amide bonds. The second-order valence-electron chi connectivity index (χ2n) is 8.72. The van der Waals surface area contributed by atoms with Gasteiger partial charge in [0.1, 0.15) is 22.9 Å². The Morgan fingerprint density at radius 2 is 1.72 bits per heavy atom. The van der Waals surface area contributed by atoms with Gasteiger partial charge in [-0.25, -0.2) is 23.4 Å². The number of aliphatic imine (C=N–C) groups is 1. The zero-order valence-electron chi connectivity index (χ0n) is 22.3. The molecule has 15 heteroatoms. The van der Waals surface area contributed by atoms with E-state index in [2.05, 4.69) is 30.5 Å². The summed E-state index contributed by atoms with van der Waals surface area (Å²) in [5.74, 6) is -0.178. The lowest BCUT2D eigenvalue weighted by molar-refractivity contribution is -0.125. The highest BCUT2D eigenvalue weighted by atomic mass is 35.5. The zero-order chi connectivity index (χ0) is 28.6. The number of benzene rings is 1. The molecule has 39 heavy (non-hydrogen) atoms. The number of ether oxygens (including phenoxy) is 4. The van der Waals surface area contributed by atoms with Crippen LogP contribution in [0.1, 0.15) is 38.1 Å². The predicted octanol–water partition coefficient (Wildman–Crippen LogP) is 2.27. The van der Waals surface area contributed by atoms with Gasteiger partial charge in [-0.15, -0.1) is 0 Å². The van der Waals surface area contributed by atoms with Gasteiger partial charge < -0.3 is 18.9 Å². The van der Waals surface area contributed by atoms with Gasteiger partial charge in [0, 0.05) is 32.5 Å². The molecule has 2 unspecified atom stereocenters. The summed E-state index contributed by atoms with van der Waals surface area (Å²) in [7, 11) is 1.63. The fraction of sp³-hybridized carbons (Fsp3) is 0.500. The molecule has 214 valence electrons. The highest BCUT2D eigenvalue weighted by Crippen LogP contribution is 2.37. The van der Waals surface area contributed by atoms with Crippen molar-refractivity contribution in [3.63, 3.8) is 0 Å². The third-order valence-corrected chi connectivity index (χ3v) is 8.22. The van der Waals surface area contributed by atoms with Crippen molar-refractivity contribution >= 4 is 39.2 Å². The number of hydrogen-bond acceptors (Lipinski definition) is 10. The van der Waals surface area contributed by atoms with E-state index in [1.165, 1.54) is 40.6 Å². The lowest BCUT2D eigenvalue weighted by atomic mass is 10.1. The molecule has 3 N–H and O–H groups in total. The smallest absolute Gasteiger partial charge is 0.241 e. The second-order valence-corrected chi connectivity index (χ2v) is 11.2. The largest absolute Gasteiger partial charge is 0.494 e. The third kappa shape index (κ3) is 7.68. The fourth-order valence-corrected chi connectivity index (χ4v) is 5.32. The first-order valence-corrected chi connectivity index (χ1v) is 14.0. The Balaban J connectivity index is 1.91. The summed E-state index contributed by atoms with van der Waals surface area (Å²) in [4.78, 5) is 25.4. The van der Waals surface area contributed by atoms with Crippen molar-refractivity contribution in [2.24, 2.45) is 10.9 Å². The SMILES string of the molecule is COc1cccc(OC)c1/N=C(/NNC(=O)[C@@H]1CC[C@H](OC)C1)NS(=O)(=O)C(C)C(OC)c1ncc(Cl)cn1. The van der Waals surface area contributed by atoms with E-state index >= 15 is 0 Å². The minimum atomic E-state index is -4.20. The number of methoxy groups -OCH3 is 4. The Kier molecular flexibility index (Phi) is 10.7. The average molecular weight is 585 g/mol. The number of halogens is 1. The molecule has 1 aliphatic rings. The van der Waals surface area contributed by atoms with Crippen molar-refractivity contribution < 1.29 is 32.2 Å². The van der Waals surface area contributed by atoms with Crippen molar-refractivity contribution in [3.8, 4) is 11.5 Å². The van der Waals surface area contributed by atoms with Crippen LogP contribution in [0.25, 0.3) is 0 Å². The number of nitrogens with zero attached hydrogens (tertiary/aromatic N) is 3. The van der Waals surface area contributed by atoms with Crippen LogP contribution in [0, 0.1) is 5.92 Å². The van der Waals surface area contributed by atoms with Crippen molar-refractivity contribution in [1.82, 2.24) is 25.5 Å². The Morgan fingerprint density at radius 3 is 2.26 bits per heavy atom. The summed E-state index contributed by atoms with van der Waals surface area (Å²) in [5.41, 5.74) is 5.36. The number of amides is 1. The monoisotopic (exact) mass is 584 g/mol. The quantitative estimate of drug-likeness (QED) is 0.214. The minimum absolute atomic E-state index is 0.00727. The molecule has 0 aliphatic heterocycles. The van der Waals surface area contributed by atoms with Crippen LogP contribution >= 0.6 is 11.6 Å². The summed E-state index contributed by atoms with van der Waals surface area (Å²) in [6, 6.07) is 4.97. The zero-order valence-corrected chi connectivity index (χ0v) is 23.9. The van der Waals surface area contributed by atoms with Crippen LogP contribution < -0.4 is 25.0 Å². The molecule has 0 bridgehead atoms. The summed E-state index contributed by atoms with van der Waals surface area (Å²) in [5, 5.41) is -0.898. The van der Waals surface area contributed by atoms with Crippen molar-refractivity contribution in [2.75, 3.05) is 28.4 Å². The first-order valence-electron chi connectivity index (χ1n) is 12.0. The van der Waals surface area contributed by atoms with Crippen LogP contribution in [0.4, 0.5) is 5.69 Å². The Bertz CT molecular complexity index is 1240. The minimum Gasteiger partial charge on any atom is -0.494 e. The Hall–Kier alpha value is -3.20. The summed E-state index contributed by atoms with van der Waals surface area (Å²) in [6.07, 6.45) is 3.58. The molecule has 1 fully saturated rings. The molecule has 1 saturated carbocycles. The van der Waals surface area contributed by atoms with E-state index in [1.807, 2.05) is 0 Å². The van der Waals surface area contributed by atoms with Crippen molar-refractivity contribution in [2.45, 2.75) is 43.6 Å². The van der Waals surface area contributed by atoms with Crippen LogP contribution in [0.3, 0.4) is 0 Å². The number of nitrogens with one attached hydrogen (secondary N) is 3. The maximum absolute atomic E-state index is 13.5. The molecule has 4 atom stereocenters. The van der Waals surface area contributed by atoms with Crippen LogP contribution in [-0.4, -0.2) is 70.0 Å². The standard InChI is InChI=1S/C24H33ClN6O7S/c1-14(21(38-5)22-26-12-16(25)13-27-22)39(33,34)31-24(28-20-18(36-3)7-6-8-19(20)37-4)30-29-23(32)15-9-10-17(11-15)35-2/h6-8,12-15,17,21H,9-11H2,1-5H3,(H,29,32)(H2,28,30,31)/t14?,15-,17+,21?/m1/s1. The molecule has 0 saturated heterocycles. The Labute approximate surface area is 232 Å². The molecule has 0 radical (unpaired) electrons. The number of guanidine groups is 1. The maximum Gasteiger partial charge on any atom is 0.241 e. The molecule has 0 spiro atoms. The van der Waals surface area contributed by atoms with Crippen LogP contribution in [0.5, 0.6) is 11.5 Å². The molecule has 1 aliphatic carbocycles. The number of hydrogen-bond donors (Lipinski definition) is 3. The lowest BCUT2D eigenvalue weighted by Gasteiger charge is -2.23. The van der Waals surface area contributed by atoms with Gasteiger partial charge in [-0.2, -0.15) is 0 Å². The number of aromatic nitrogens is 2. The van der Waals surface area contributed by atoms with E-state index < -0.39 is 21.4 Å². The summed E-state index contributed by atoms with van der Waals surface area (Å²) >= 11 is 5.87. The third-order valence-electron chi connectivity index (χ3n) is 6.32. The summed E-state index contributed by atoms with van der Waals surface area (Å²) in [6.45, 7) is 1.43. The molecule has 3 rings (SSSR count). The number of carbonyl (C=O) groups is 1. The number of para-hydroxylation sites is 1. The molecule has 1 heterocycles. The van der Waals surface area contributed by atoms with Crippen LogP contribution in [-0.2, 0) is 24.3 Å². The number of rotatable bonds is 10. The van der Waals surface area contributed by atoms with E-state index in [1.54, 1.807) is 25.3 Å². The van der Waals surface area contributed by atoms with Gasteiger partial charge in [-0.1, -0.05) is 17.7 Å². The fourth-order valence-electron chi connectivity index (χ4n) is 4.11. The van der Waals surface area contributed by atoms with Gasteiger partial charge in [-0.05, 0) is 38.3 Å². The molecule has 1 aromatic heterocycles. The lowest BCUT2D eigenvalue weighted by Crippen LogP contribution is -2.52. The van der Waals surface area contributed by atoms with Gasteiger partial charge in [0.25, 0.3) is 0 Å². The van der Waals surface area contributed by atoms with E-state index in [4.69, 9.17) is 30.5 Å². The normalized spacial score (nSPS) is 19.2. The van der Waals surface area contributed by atoms with Gasteiger partial charge in [0.2, 0.25) is 21.9 Å². The number of carbonyl (C=O) groups excluding carboxylic acids is 1. The van der Waals surface area contributed by atoms with Crippen LogP contribution in [0.2, 0.25) is 5.02 Å². The molecular formula is C24H33ClN6O7S. The van der Waals surface area contributed by atoms with E-state index in [9.17, 15) is 13.2 Å². The van der Waals surface area contributed by atoms with Crippen LogP contribution in [0.15, 0.2) is 35.6 Å². The molecule has 2 aromatic rings. The van der Waals surface area contributed by atoms with Gasteiger partial charge in [-0.3, -0.25) is 20.4 Å². The molecular weight excluding hydrogens is 552 g/mol. The van der Waals surface area contributed by atoms with Gasteiger partial charge >= 0.3 is 0 Å². The summed E-state index contributed by atoms with van der Waals surface area (Å²) < 4.78 is 50.9. The molecule has 13 nitrogen and oxygen atoms in total. The topological polar surface area (TPSA) is 162 Å². The molecule has 1 aromatic carbocycles. The van der Waals surface area contributed by atoms with Crippen molar-refractivity contribution in [3.05, 3.63) is 41.4 Å². The first-order chi connectivity index (χ1) is 18.6. The Morgan fingerprint density at radius 1 is 1.08 bits per heavy atom. The second kappa shape index (κ2) is 13.7. The average Bonchev–Trinajstić information content (AvgIpc) is 3.42. The number of hydrazine groups is 1. The van der Waals surface area contributed by atoms with E-state index in [-0.39, 0.29) is 35.4 Å². The number of sulfonamides is 1. The highest BCUT2D eigenvalue weighted by molar-refractivity contribution is 7.90. The van der Waals surface area contributed by atoms with Gasteiger partial charge in [0.15, 0.2) is 11.5 Å². The van der Waals surface area contributed by atoms with E-state index in [0.29, 0.717) is 29.4 Å². The maximum atomic E-state index is 13.5. The predicted molar refractivity (Wildman–Crippen MR) is 144 cm³/mol. The first kappa shape index (κ1) is 30.3. The highest BCUT2D eigenvalue weighted by Gasteiger charge is 2.34. The van der Waals surface area contributed by atoms with Crippen molar-refractivity contribution in [1.29, 1.82) is 0 Å².